The Kier molecular flexibility index (Phi) is 3.30. The van der Waals surface area contributed by atoms with E-state index in [0.717, 1.165) is 12.8 Å². The summed E-state index contributed by atoms with van der Waals surface area (Å²) in [5, 5.41) is 0. The number of ketones is 1. The molecule has 1 aliphatic carbocycles. The Bertz CT molecular complexity index is 292. The molecule has 78 valence electrons. The molecule has 14 heavy (non-hydrogen) atoms. The van der Waals surface area contributed by atoms with Gasteiger partial charge in [0, 0.05) is 6.42 Å². The van der Waals surface area contributed by atoms with Gasteiger partial charge in [-0.05, 0) is 36.8 Å². The Morgan fingerprint density at radius 2 is 2.14 bits per heavy atom. The maximum absolute atomic E-state index is 11.3. The zero-order chi connectivity index (χ0) is 10.8. The zero-order valence-electron chi connectivity index (χ0n) is 9.68. The molecule has 0 spiro atoms. The van der Waals surface area contributed by atoms with E-state index in [9.17, 15) is 4.79 Å². The number of allylic oxidation sites excluding steroid dienone is 4. The minimum Gasteiger partial charge on any atom is -0.295 e. The van der Waals surface area contributed by atoms with Crippen LogP contribution in [0.1, 0.15) is 47.0 Å². The van der Waals surface area contributed by atoms with E-state index in [1.165, 1.54) is 11.1 Å². The number of carbonyl (C=O) groups excluding carboxylic acids is 1. The molecule has 0 heterocycles. The van der Waals surface area contributed by atoms with Crippen molar-refractivity contribution in [2.45, 2.75) is 47.0 Å². The molecule has 0 atom stereocenters. The molecule has 0 bridgehead atoms. The van der Waals surface area contributed by atoms with E-state index < -0.39 is 0 Å². The standard InChI is InChI=1S/C13H20O/c1-5-12(14)7-11-6-10(2)8-13(3,4)9-11/h6-7H,5,8-9H2,1-4H3/b11-7+. The van der Waals surface area contributed by atoms with Gasteiger partial charge in [0.05, 0.1) is 0 Å². The summed E-state index contributed by atoms with van der Waals surface area (Å²) in [7, 11) is 0. The van der Waals surface area contributed by atoms with Crippen molar-refractivity contribution in [2.75, 3.05) is 0 Å². The van der Waals surface area contributed by atoms with Gasteiger partial charge in [-0.15, -0.1) is 0 Å². The Hall–Kier alpha value is -0.850. The van der Waals surface area contributed by atoms with Gasteiger partial charge in [0.1, 0.15) is 0 Å². The van der Waals surface area contributed by atoms with E-state index in [4.69, 9.17) is 0 Å². The van der Waals surface area contributed by atoms with Gasteiger partial charge in [0.25, 0.3) is 0 Å². The van der Waals surface area contributed by atoms with Gasteiger partial charge in [0.2, 0.25) is 0 Å². The second kappa shape index (κ2) is 4.12. The van der Waals surface area contributed by atoms with Gasteiger partial charge < -0.3 is 0 Å². The van der Waals surface area contributed by atoms with Crippen LogP contribution in [0.25, 0.3) is 0 Å². The molecule has 0 fully saturated rings. The molecule has 1 rings (SSSR count). The molecule has 0 aliphatic heterocycles. The van der Waals surface area contributed by atoms with Gasteiger partial charge in [-0.1, -0.05) is 32.4 Å². The topological polar surface area (TPSA) is 17.1 Å². The molecular weight excluding hydrogens is 172 g/mol. The van der Waals surface area contributed by atoms with Crippen LogP contribution in [0.2, 0.25) is 0 Å². The van der Waals surface area contributed by atoms with Gasteiger partial charge >= 0.3 is 0 Å². The first-order valence-corrected chi connectivity index (χ1v) is 5.33. The van der Waals surface area contributed by atoms with Crippen LogP contribution in [0.5, 0.6) is 0 Å². The summed E-state index contributed by atoms with van der Waals surface area (Å²) in [5.41, 5.74) is 2.90. The molecule has 0 aromatic rings. The molecule has 1 aliphatic rings. The van der Waals surface area contributed by atoms with Crippen LogP contribution in [-0.2, 0) is 4.79 Å². The maximum Gasteiger partial charge on any atom is 0.155 e. The monoisotopic (exact) mass is 192 g/mol. The Morgan fingerprint density at radius 3 is 2.64 bits per heavy atom. The second-order valence-electron chi connectivity index (χ2n) is 5.05. The number of rotatable bonds is 2. The fraction of sp³-hybridized carbons (Fsp3) is 0.615. The first kappa shape index (κ1) is 11.2. The third kappa shape index (κ3) is 3.13. The number of hydrogen-bond acceptors (Lipinski definition) is 1. The molecular formula is C13H20O. The molecule has 0 radical (unpaired) electrons. The number of carbonyl (C=O) groups is 1. The minimum atomic E-state index is 0.238. The van der Waals surface area contributed by atoms with Crippen LogP contribution in [0.4, 0.5) is 0 Å². The summed E-state index contributed by atoms with van der Waals surface area (Å²) in [5.74, 6) is 0.238. The molecule has 0 saturated heterocycles. The molecule has 0 amide bonds. The molecule has 0 saturated carbocycles. The molecule has 0 aromatic heterocycles. The lowest BCUT2D eigenvalue weighted by Crippen LogP contribution is -2.16. The average molecular weight is 192 g/mol. The summed E-state index contributed by atoms with van der Waals surface area (Å²) in [6.07, 6.45) is 6.75. The van der Waals surface area contributed by atoms with Crippen molar-refractivity contribution in [3.8, 4) is 0 Å². The SMILES string of the molecule is CCC(=O)/C=C1\C=C(C)CC(C)(C)C1. The van der Waals surface area contributed by atoms with Crippen molar-refractivity contribution in [3.63, 3.8) is 0 Å². The second-order valence-corrected chi connectivity index (χ2v) is 5.05. The first-order chi connectivity index (χ1) is 6.43. The highest BCUT2D eigenvalue weighted by atomic mass is 16.1. The highest BCUT2D eigenvalue weighted by molar-refractivity contribution is 5.90. The smallest absolute Gasteiger partial charge is 0.155 e. The summed E-state index contributed by atoms with van der Waals surface area (Å²) in [6, 6.07) is 0. The maximum atomic E-state index is 11.3. The van der Waals surface area contributed by atoms with Crippen LogP contribution in [0.15, 0.2) is 23.3 Å². The summed E-state index contributed by atoms with van der Waals surface area (Å²) >= 11 is 0. The van der Waals surface area contributed by atoms with E-state index in [-0.39, 0.29) is 5.78 Å². The molecule has 0 unspecified atom stereocenters. The van der Waals surface area contributed by atoms with Crippen LogP contribution in [-0.4, -0.2) is 5.78 Å². The van der Waals surface area contributed by atoms with Crippen molar-refractivity contribution in [1.29, 1.82) is 0 Å². The van der Waals surface area contributed by atoms with Gasteiger partial charge in [0.15, 0.2) is 5.78 Å². The normalized spacial score (nSPS) is 23.4. The van der Waals surface area contributed by atoms with Crippen molar-refractivity contribution < 1.29 is 4.79 Å². The minimum absolute atomic E-state index is 0.238. The fourth-order valence-electron chi connectivity index (χ4n) is 2.19. The summed E-state index contributed by atoms with van der Waals surface area (Å²) < 4.78 is 0. The largest absolute Gasteiger partial charge is 0.295 e. The van der Waals surface area contributed by atoms with Crippen LogP contribution in [0.3, 0.4) is 0 Å². The molecule has 1 nitrogen and oxygen atoms in total. The quantitative estimate of drug-likeness (QED) is 0.610. The van der Waals surface area contributed by atoms with Crippen molar-refractivity contribution >= 4 is 5.78 Å². The van der Waals surface area contributed by atoms with Crippen molar-refractivity contribution in [3.05, 3.63) is 23.3 Å². The number of hydrogen-bond donors (Lipinski definition) is 0. The van der Waals surface area contributed by atoms with Crippen LogP contribution < -0.4 is 0 Å². The van der Waals surface area contributed by atoms with E-state index >= 15 is 0 Å². The lowest BCUT2D eigenvalue weighted by Gasteiger charge is -2.30. The Labute approximate surface area is 86.9 Å². The summed E-state index contributed by atoms with van der Waals surface area (Å²) in [6.45, 7) is 8.57. The molecule has 1 heteroatoms. The lowest BCUT2D eigenvalue weighted by molar-refractivity contribution is -0.114. The van der Waals surface area contributed by atoms with Gasteiger partial charge in [-0.2, -0.15) is 0 Å². The van der Waals surface area contributed by atoms with Gasteiger partial charge in [-0.3, -0.25) is 4.79 Å². The first-order valence-electron chi connectivity index (χ1n) is 5.33. The Balaban J connectivity index is 2.86. The van der Waals surface area contributed by atoms with E-state index in [1.54, 1.807) is 0 Å². The predicted octanol–water partition coefficient (Wildman–Crippen LogP) is 3.66. The fourth-order valence-corrected chi connectivity index (χ4v) is 2.19. The van der Waals surface area contributed by atoms with Crippen molar-refractivity contribution in [1.82, 2.24) is 0 Å². The Morgan fingerprint density at radius 1 is 1.50 bits per heavy atom. The zero-order valence-corrected chi connectivity index (χ0v) is 9.68. The highest BCUT2D eigenvalue weighted by Crippen LogP contribution is 2.37. The van der Waals surface area contributed by atoms with E-state index in [0.29, 0.717) is 11.8 Å². The van der Waals surface area contributed by atoms with E-state index in [1.807, 2.05) is 13.0 Å². The summed E-state index contributed by atoms with van der Waals surface area (Å²) in [4.78, 5) is 11.3. The van der Waals surface area contributed by atoms with Crippen molar-refractivity contribution in [2.24, 2.45) is 5.41 Å². The molecule has 0 N–H and O–H groups in total. The predicted molar refractivity (Wildman–Crippen MR) is 60.2 cm³/mol. The highest BCUT2D eigenvalue weighted by Gasteiger charge is 2.23. The van der Waals surface area contributed by atoms with Gasteiger partial charge in [-0.25, -0.2) is 0 Å². The van der Waals surface area contributed by atoms with Crippen LogP contribution >= 0.6 is 0 Å². The average Bonchev–Trinajstić information content (AvgIpc) is 1.99. The third-order valence-corrected chi connectivity index (χ3v) is 2.57. The third-order valence-electron chi connectivity index (χ3n) is 2.57. The molecule has 0 aromatic carbocycles. The van der Waals surface area contributed by atoms with Crippen LogP contribution in [0, 0.1) is 5.41 Å². The van der Waals surface area contributed by atoms with E-state index in [2.05, 4.69) is 26.8 Å². The lowest BCUT2D eigenvalue weighted by atomic mass is 9.75.